The number of ketones is 1. The van der Waals surface area contributed by atoms with Gasteiger partial charge in [0.15, 0.2) is 0 Å². The summed E-state index contributed by atoms with van der Waals surface area (Å²) in [7, 11) is 1.27. The molecule has 1 fully saturated rings. The largest absolute Gasteiger partial charge is 0.465 e. The molecule has 3 aromatic rings. The fourth-order valence-electron chi connectivity index (χ4n) is 4.31. The molecule has 1 aliphatic heterocycles. The van der Waals surface area contributed by atoms with Crippen LogP contribution >= 0.6 is 0 Å². The van der Waals surface area contributed by atoms with E-state index in [1.807, 2.05) is 18.2 Å². The third-order valence-electron chi connectivity index (χ3n) is 6.32. The number of ether oxygens (including phenoxy) is 2. The summed E-state index contributed by atoms with van der Waals surface area (Å²) in [6.07, 6.45) is 1.31. The Labute approximate surface area is 220 Å². The topological polar surface area (TPSA) is 97.0 Å². The number of para-hydroxylation sites is 1. The van der Waals surface area contributed by atoms with Crippen molar-refractivity contribution in [3.8, 4) is 5.75 Å². The number of nitrogens with one attached hydrogen (secondary N) is 2. The van der Waals surface area contributed by atoms with Gasteiger partial charge in [-0.05, 0) is 73.4 Å². The third kappa shape index (κ3) is 6.36. The van der Waals surface area contributed by atoms with Crippen molar-refractivity contribution in [3.05, 3.63) is 89.5 Å². The average Bonchev–Trinajstić information content (AvgIpc) is 3.47. The van der Waals surface area contributed by atoms with E-state index in [4.69, 9.17) is 4.74 Å². The number of carbonyl (C=O) groups excluding carboxylic acids is 3. The van der Waals surface area contributed by atoms with Gasteiger partial charge >= 0.3 is 18.0 Å². The maximum absolute atomic E-state index is 16.3. The number of benzene rings is 3. The molecule has 8 nitrogen and oxygen atoms in total. The summed E-state index contributed by atoms with van der Waals surface area (Å²) < 4.78 is 26.7. The number of amides is 2. The highest BCUT2D eigenvalue weighted by molar-refractivity contribution is 6.00. The number of carbonyl (C=O) groups is 3. The molecule has 1 heterocycles. The van der Waals surface area contributed by atoms with Crippen LogP contribution in [0.3, 0.4) is 0 Å². The molecular formula is C29H30FN3O5. The number of likely N-dealkylation sites (tertiary alicyclic amines) is 1. The predicted molar refractivity (Wildman–Crippen MR) is 142 cm³/mol. The minimum absolute atomic E-state index is 0.126. The number of esters is 1. The highest BCUT2D eigenvalue weighted by Gasteiger charge is 2.48. The van der Waals surface area contributed by atoms with Crippen LogP contribution in [-0.4, -0.2) is 48.9 Å². The van der Waals surface area contributed by atoms with E-state index >= 15 is 4.39 Å². The highest BCUT2D eigenvalue weighted by atomic mass is 19.2. The number of urea groups is 1. The smallest absolute Gasteiger partial charge is 0.371 e. The van der Waals surface area contributed by atoms with Crippen LogP contribution in [0.1, 0.15) is 34.3 Å². The zero-order valence-electron chi connectivity index (χ0n) is 21.3. The van der Waals surface area contributed by atoms with Crippen LogP contribution in [0.2, 0.25) is 0 Å². The maximum atomic E-state index is 16.3. The van der Waals surface area contributed by atoms with Gasteiger partial charge < -0.3 is 20.1 Å². The molecule has 0 saturated carbocycles. The van der Waals surface area contributed by atoms with E-state index in [0.29, 0.717) is 35.6 Å². The van der Waals surface area contributed by atoms with Crippen LogP contribution in [0, 0.1) is 6.92 Å². The molecule has 1 unspecified atom stereocenters. The zero-order chi connectivity index (χ0) is 27.1. The fraction of sp³-hybridized carbons (Fsp3) is 0.276. The van der Waals surface area contributed by atoms with Crippen molar-refractivity contribution in [2.45, 2.75) is 32.2 Å². The molecule has 2 amide bonds. The van der Waals surface area contributed by atoms with Crippen molar-refractivity contribution < 1.29 is 28.2 Å². The molecule has 1 aliphatic rings. The number of nitrogens with zero attached hydrogens (tertiary/aromatic N) is 1. The molecule has 9 heteroatoms. The number of anilines is 2. The molecule has 198 valence electrons. The molecule has 1 saturated heterocycles. The number of rotatable bonds is 9. The summed E-state index contributed by atoms with van der Waals surface area (Å²) in [4.78, 5) is 38.8. The average molecular weight is 520 g/mol. The van der Waals surface area contributed by atoms with E-state index in [2.05, 4.69) is 15.4 Å². The van der Waals surface area contributed by atoms with Crippen LogP contribution in [-0.2, 0) is 16.0 Å². The lowest BCUT2D eigenvalue weighted by molar-refractivity contribution is -0.191. The van der Waals surface area contributed by atoms with Crippen molar-refractivity contribution >= 4 is 29.2 Å². The Morgan fingerprint density at radius 3 is 2.26 bits per heavy atom. The van der Waals surface area contributed by atoms with Gasteiger partial charge in [-0.1, -0.05) is 30.3 Å². The number of hydrogen-bond donors (Lipinski definition) is 2. The van der Waals surface area contributed by atoms with Gasteiger partial charge in [0.05, 0.1) is 12.7 Å². The summed E-state index contributed by atoms with van der Waals surface area (Å²) in [6, 6.07) is 19.6. The Bertz CT molecular complexity index is 1290. The number of aryl methyl sites for hydroxylation is 1. The molecular weight excluding hydrogens is 489 g/mol. The van der Waals surface area contributed by atoms with Crippen molar-refractivity contribution in [2.24, 2.45) is 0 Å². The molecule has 0 spiro atoms. The third-order valence-corrected chi connectivity index (χ3v) is 6.32. The number of hydrogen-bond acceptors (Lipinski definition) is 6. The van der Waals surface area contributed by atoms with Crippen LogP contribution in [0.15, 0.2) is 72.8 Å². The van der Waals surface area contributed by atoms with E-state index in [9.17, 15) is 14.4 Å². The number of alkyl halides is 1. The molecule has 0 aromatic heterocycles. The van der Waals surface area contributed by atoms with Gasteiger partial charge in [-0.25, -0.2) is 14.5 Å². The summed E-state index contributed by atoms with van der Waals surface area (Å²) in [6.45, 7) is 2.58. The maximum Gasteiger partial charge on any atom is 0.371 e. The molecule has 38 heavy (non-hydrogen) atoms. The first-order valence-electron chi connectivity index (χ1n) is 12.4. The van der Waals surface area contributed by atoms with Crippen LogP contribution in [0.4, 0.5) is 20.6 Å². The predicted octanol–water partition coefficient (Wildman–Crippen LogP) is 5.34. The molecule has 2 N–H and O–H groups in total. The summed E-state index contributed by atoms with van der Waals surface area (Å²) in [5.74, 6) is -3.80. The quantitative estimate of drug-likeness (QED) is 0.293. The van der Waals surface area contributed by atoms with Gasteiger partial charge in [0.1, 0.15) is 5.75 Å². The Morgan fingerprint density at radius 2 is 1.63 bits per heavy atom. The van der Waals surface area contributed by atoms with Crippen LogP contribution < -0.4 is 15.4 Å². The van der Waals surface area contributed by atoms with E-state index in [1.54, 1.807) is 37.3 Å². The lowest BCUT2D eigenvalue weighted by Crippen LogP contribution is -2.55. The van der Waals surface area contributed by atoms with Gasteiger partial charge in [0.2, 0.25) is 5.78 Å². The van der Waals surface area contributed by atoms with Gasteiger partial charge in [-0.2, -0.15) is 4.39 Å². The summed E-state index contributed by atoms with van der Waals surface area (Å²) in [5.41, 5.74) is 2.84. The first-order valence-corrected chi connectivity index (χ1v) is 12.4. The second-order valence-corrected chi connectivity index (χ2v) is 9.07. The zero-order valence-corrected chi connectivity index (χ0v) is 21.3. The summed E-state index contributed by atoms with van der Waals surface area (Å²) in [5, 5.41) is 5.54. The Hall–Kier alpha value is -4.24. The van der Waals surface area contributed by atoms with Gasteiger partial charge in [0.25, 0.3) is 0 Å². The highest BCUT2D eigenvalue weighted by Crippen LogP contribution is 2.30. The number of methoxy groups -OCH3 is 1. The molecule has 3 aromatic carbocycles. The Morgan fingerprint density at radius 1 is 0.947 bits per heavy atom. The van der Waals surface area contributed by atoms with E-state index in [-0.39, 0.29) is 12.2 Å². The molecule has 0 aliphatic carbocycles. The minimum atomic E-state index is -2.66. The van der Waals surface area contributed by atoms with E-state index in [0.717, 1.165) is 18.4 Å². The monoisotopic (exact) mass is 519 g/mol. The van der Waals surface area contributed by atoms with Crippen LogP contribution in [0.5, 0.6) is 5.75 Å². The molecule has 4 rings (SSSR count). The van der Waals surface area contributed by atoms with Gasteiger partial charge in [0, 0.05) is 30.9 Å². The van der Waals surface area contributed by atoms with E-state index < -0.39 is 23.8 Å². The van der Waals surface area contributed by atoms with Crippen molar-refractivity contribution in [1.29, 1.82) is 0 Å². The minimum Gasteiger partial charge on any atom is -0.465 e. The molecule has 1 atom stereocenters. The van der Waals surface area contributed by atoms with Crippen molar-refractivity contribution in [1.82, 2.24) is 4.90 Å². The van der Waals surface area contributed by atoms with Crippen LogP contribution in [0.25, 0.3) is 0 Å². The molecule has 0 radical (unpaired) electrons. The standard InChI is InChI=1S/C29H30FN3O5/c1-20-18-21(10-15-25(20)32-28(36)31-23-8-4-3-5-9-23)19-26(34)29(30,33-16-6-7-17-33)38-24-13-11-22(12-14-24)27(35)37-2/h3-5,8-15,18H,6-7,16-17,19H2,1-2H3,(H2,31,32,36). The fourth-order valence-corrected chi connectivity index (χ4v) is 4.31. The second kappa shape index (κ2) is 11.9. The number of halogens is 1. The van der Waals surface area contributed by atoms with Crippen molar-refractivity contribution in [3.63, 3.8) is 0 Å². The lowest BCUT2D eigenvalue weighted by Gasteiger charge is -2.33. The van der Waals surface area contributed by atoms with E-state index in [1.165, 1.54) is 36.3 Å². The van der Waals surface area contributed by atoms with Gasteiger partial charge in [-0.15, -0.1) is 0 Å². The summed E-state index contributed by atoms with van der Waals surface area (Å²) >= 11 is 0. The Balaban J connectivity index is 1.46. The normalized spacial score (nSPS) is 14.8. The number of Topliss-reactive ketones (excluding diaryl/α,β-unsaturated/α-hetero) is 1. The second-order valence-electron chi connectivity index (χ2n) is 9.07. The lowest BCUT2D eigenvalue weighted by atomic mass is 10.0. The Kier molecular flexibility index (Phi) is 8.38. The SMILES string of the molecule is COC(=O)c1ccc(OC(F)(C(=O)Cc2ccc(NC(=O)Nc3ccccc3)c(C)c2)N2CCCC2)cc1. The van der Waals surface area contributed by atoms with Gasteiger partial charge in [-0.3, -0.25) is 4.79 Å². The van der Waals surface area contributed by atoms with Crippen molar-refractivity contribution in [2.75, 3.05) is 30.8 Å². The first kappa shape index (κ1) is 26.8. The first-order chi connectivity index (χ1) is 18.3. The molecule has 0 bridgehead atoms.